The lowest BCUT2D eigenvalue weighted by molar-refractivity contribution is 0.595. The van der Waals surface area contributed by atoms with Crippen LogP contribution in [-0.2, 0) is 22.9 Å². The second-order valence-corrected chi connectivity index (χ2v) is 7.42. The number of nitrogens with zero attached hydrogens (tertiary/aromatic N) is 1. The van der Waals surface area contributed by atoms with Gasteiger partial charge in [-0.25, -0.2) is 17.8 Å². The largest absolute Gasteiger partial charge is 0.263 e. The lowest BCUT2D eigenvalue weighted by atomic mass is 10.0. The summed E-state index contributed by atoms with van der Waals surface area (Å²) in [6, 6.07) is 4.94. The van der Waals surface area contributed by atoms with E-state index in [1.165, 1.54) is 29.5 Å². The predicted octanol–water partition coefficient (Wildman–Crippen LogP) is 2.96. The fourth-order valence-corrected chi connectivity index (χ4v) is 4.52. The van der Waals surface area contributed by atoms with E-state index >= 15 is 0 Å². The molecular formula is C13H13FN2O2S2. The van der Waals surface area contributed by atoms with Gasteiger partial charge in [-0.2, -0.15) is 0 Å². The van der Waals surface area contributed by atoms with E-state index in [2.05, 4.69) is 9.71 Å². The molecule has 0 unspecified atom stereocenters. The summed E-state index contributed by atoms with van der Waals surface area (Å²) in [4.78, 5) is 5.37. The first kappa shape index (κ1) is 13.5. The van der Waals surface area contributed by atoms with E-state index in [0.29, 0.717) is 5.13 Å². The lowest BCUT2D eigenvalue weighted by Crippen LogP contribution is -2.13. The van der Waals surface area contributed by atoms with Crippen LogP contribution in [0.2, 0.25) is 0 Å². The normalized spacial score (nSPS) is 14.8. The molecule has 0 spiro atoms. The Morgan fingerprint density at radius 2 is 2.05 bits per heavy atom. The molecule has 1 aromatic heterocycles. The molecule has 0 radical (unpaired) electrons. The zero-order chi connectivity index (χ0) is 14.2. The summed E-state index contributed by atoms with van der Waals surface area (Å²) in [6.45, 7) is 0. The summed E-state index contributed by atoms with van der Waals surface area (Å²) in [5.41, 5.74) is 0.984. The van der Waals surface area contributed by atoms with Crippen molar-refractivity contribution in [3.05, 3.63) is 40.7 Å². The van der Waals surface area contributed by atoms with Crippen LogP contribution in [0.1, 0.15) is 23.4 Å². The van der Waals surface area contributed by atoms with Gasteiger partial charge in [0.1, 0.15) is 5.82 Å². The molecule has 0 aliphatic heterocycles. The molecule has 0 saturated carbocycles. The average molecular weight is 312 g/mol. The van der Waals surface area contributed by atoms with Gasteiger partial charge in [0.25, 0.3) is 10.0 Å². The Labute approximate surface area is 120 Å². The molecule has 106 valence electrons. The predicted molar refractivity (Wildman–Crippen MR) is 76.0 cm³/mol. The molecule has 1 aromatic carbocycles. The molecule has 1 aliphatic carbocycles. The van der Waals surface area contributed by atoms with Gasteiger partial charge in [0.2, 0.25) is 0 Å². The van der Waals surface area contributed by atoms with E-state index in [1.807, 2.05) is 0 Å². The molecule has 0 bridgehead atoms. The van der Waals surface area contributed by atoms with Crippen molar-refractivity contribution < 1.29 is 12.8 Å². The van der Waals surface area contributed by atoms with E-state index in [1.54, 1.807) is 0 Å². The van der Waals surface area contributed by atoms with Gasteiger partial charge in [-0.05, 0) is 43.9 Å². The number of nitrogens with one attached hydrogen (secondary N) is 1. The van der Waals surface area contributed by atoms with E-state index in [9.17, 15) is 12.8 Å². The molecular weight excluding hydrogens is 299 g/mol. The van der Waals surface area contributed by atoms with Crippen LogP contribution in [0.4, 0.5) is 9.52 Å². The van der Waals surface area contributed by atoms with Crippen LogP contribution in [0.3, 0.4) is 0 Å². The fourth-order valence-electron chi connectivity index (χ4n) is 2.20. The van der Waals surface area contributed by atoms with E-state index in [0.717, 1.165) is 42.3 Å². The molecule has 2 aromatic rings. The minimum Gasteiger partial charge on any atom is -0.255 e. The third-order valence-electron chi connectivity index (χ3n) is 3.17. The van der Waals surface area contributed by atoms with Crippen LogP contribution >= 0.6 is 11.3 Å². The Hall–Kier alpha value is -1.47. The number of hydrogen-bond donors (Lipinski definition) is 1. The molecule has 1 heterocycles. The number of thiazole rings is 1. The standard InChI is InChI=1S/C13H13FN2O2S2/c14-9-4-3-5-10(8-9)20(17,18)16-13-15-11-6-1-2-7-12(11)19-13/h3-5,8H,1-2,6-7H2,(H,15,16). The Morgan fingerprint density at radius 1 is 1.25 bits per heavy atom. The highest BCUT2D eigenvalue weighted by molar-refractivity contribution is 7.93. The number of fused-ring (bicyclic) bond motifs is 1. The zero-order valence-electron chi connectivity index (χ0n) is 10.6. The van der Waals surface area contributed by atoms with Crippen LogP contribution in [0, 0.1) is 5.82 Å². The first-order valence-corrected chi connectivity index (χ1v) is 8.61. The van der Waals surface area contributed by atoms with Crippen molar-refractivity contribution >= 4 is 26.5 Å². The minimum absolute atomic E-state index is 0.0920. The van der Waals surface area contributed by atoms with Gasteiger partial charge in [-0.3, -0.25) is 4.72 Å². The van der Waals surface area contributed by atoms with Crippen LogP contribution in [0.5, 0.6) is 0 Å². The second kappa shape index (κ2) is 5.14. The van der Waals surface area contributed by atoms with Gasteiger partial charge in [-0.1, -0.05) is 6.07 Å². The summed E-state index contributed by atoms with van der Waals surface area (Å²) in [5.74, 6) is -0.577. The van der Waals surface area contributed by atoms with Gasteiger partial charge in [0, 0.05) is 4.88 Å². The Kier molecular flexibility index (Phi) is 3.47. The Balaban J connectivity index is 1.88. The van der Waals surface area contributed by atoms with Crippen molar-refractivity contribution in [2.45, 2.75) is 30.6 Å². The van der Waals surface area contributed by atoms with Crippen LogP contribution < -0.4 is 4.72 Å². The smallest absolute Gasteiger partial charge is 0.255 e. The molecule has 1 aliphatic rings. The van der Waals surface area contributed by atoms with Gasteiger partial charge < -0.3 is 0 Å². The monoisotopic (exact) mass is 312 g/mol. The van der Waals surface area contributed by atoms with Crippen molar-refractivity contribution in [3.63, 3.8) is 0 Å². The number of rotatable bonds is 3. The first-order chi connectivity index (χ1) is 9.54. The van der Waals surface area contributed by atoms with Crippen LogP contribution in [0.15, 0.2) is 29.2 Å². The third kappa shape index (κ3) is 2.69. The van der Waals surface area contributed by atoms with Gasteiger partial charge >= 0.3 is 0 Å². The topological polar surface area (TPSA) is 59.1 Å². The van der Waals surface area contributed by atoms with Gasteiger partial charge in [-0.15, -0.1) is 11.3 Å². The highest BCUT2D eigenvalue weighted by Crippen LogP contribution is 2.30. The van der Waals surface area contributed by atoms with E-state index in [-0.39, 0.29) is 4.90 Å². The highest BCUT2D eigenvalue weighted by Gasteiger charge is 2.20. The third-order valence-corrected chi connectivity index (χ3v) is 5.71. The second-order valence-electron chi connectivity index (χ2n) is 4.66. The van der Waals surface area contributed by atoms with Crippen molar-refractivity contribution in [2.24, 2.45) is 0 Å². The van der Waals surface area contributed by atoms with Crippen molar-refractivity contribution in [1.82, 2.24) is 4.98 Å². The first-order valence-electron chi connectivity index (χ1n) is 6.31. The summed E-state index contributed by atoms with van der Waals surface area (Å²) < 4.78 is 39.9. The molecule has 0 amide bonds. The van der Waals surface area contributed by atoms with Crippen LogP contribution in [-0.4, -0.2) is 13.4 Å². The van der Waals surface area contributed by atoms with Crippen molar-refractivity contribution in [1.29, 1.82) is 0 Å². The van der Waals surface area contributed by atoms with Crippen molar-refractivity contribution in [2.75, 3.05) is 4.72 Å². The number of aryl methyl sites for hydroxylation is 2. The molecule has 1 N–H and O–H groups in total. The summed E-state index contributed by atoms with van der Waals surface area (Å²) in [7, 11) is -3.78. The van der Waals surface area contributed by atoms with E-state index in [4.69, 9.17) is 0 Å². The van der Waals surface area contributed by atoms with Crippen LogP contribution in [0.25, 0.3) is 0 Å². The molecule has 7 heteroatoms. The molecule has 4 nitrogen and oxygen atoms in total. The molecule has 0 saturated heterocycles. The molecule has 20 heavy (non-hydrogen) atoms. The Morgan fingerprint density at radius 3 is 2.80 bits per heavy atom. The Bertz CT molecular complexity index is 717. The maximum atomic E-state index is 13.1. The molecule has 0 atom stereocenters. The maximum absolute atomic E-state index is 13.1. The minimum atomic E-state index is -3.78. The number of halogens is 1. The van der Waals surface area contributed by atoms with Gasteiger partial charge in [0.05, 0.1) is 10.6 Å². The molecule has 0 fully saturated rings. The van der Waals surface area contributed by atoms with Crippen molar-refractivity contribution in [3.8, 4) is 0 Å². The van der Waals surface area contributed by atoms with E-state index < -0.39 is 15.8 Å². The number of hydrogen-bond acceptors (Lipinski definition) is 4. The number of benzene rings is 1. The quantitative estimate of drug-likeness (QED) is 0.948. The maximum Gasteiger partial charge on any atom is 0.263 e. The average Bonchev–Trinajstić information content (AvgIpc) is 2.80. The summed E-state index contributed by atoms with van der Waals surface area (Å²) in [5, 5.41) is 0.362. The number of aromatic nitrogens is 1. The zero-order valence-corrected chi connectivity index (χ0v) is 12.2. The summed E-state index contributed by atoms with van der Waals surface area (Å²) >= 11 is 1.37. The SMILES string of the molecule is O=S(=O)(Nc1nc2c(s1)CCCC2)c1cccc(F)c1. The number of anilines is 1. The molecule has 3 rings (SSSR count). The highest BCUT2D eigenvalue weighted by atomic mass is 32.2. The summed E-state index contributed by atoms with van der Waals surface area (Å²) in [6.07, 6.45) is 4.06. The lowest BCUT2D eigenvalue weighted by Gasteiger charge is -2.06. The number of sulfonamides is 1. The van der Waals surface area contributed by atoms with Gasteiger partial charge in [0.15, 0.2) is 5.13 Å². The fraction of sp³-hybridized carbons (Fsp3) is 0.308.